The third kappa shape index (κ3) is 2.72. The van der Waals surface area contributed by atoms with Crippen molar-refractivity contribution in [3.63, 3.8) is 0 Å². The van der Waals surface area contributed by atoms with E-state index in [-0.39, 0.29) is 12.5 Å². The Labute approximate surface area is 129 Å². The van der Waals surface area contributed by atoms with E-state index >= 15 is 0 Å². The van der Waals surface area contributed by atoms with Gasteiger partial charge < -0.3 is 9.30 Å². The molecule has 22 heavy (non-hydrogen) atoms. The molecule has 4 heteroatoms. The Bertz CT molecular complexity index is 804. The normalized spacial score (nSPS) is 10.8. The fourth-order valence-corrected chi connectivity index (χ4v) is 2.49. The van der Waals surface area contributed by atoms with Gasteiger partial charge in [0, 0.05) is 5.56 Å². The maximum atomic E-state index is 11.9. The smallest absolute Gasteiger partial charge is 0.326 e. The first-order chi connectivity index (χ1) is 10.7. The Hall–Kier alpha value is -2.62. The first kappa shape index (κ1) is 14.3. The van der Waals surface area contributed by atoms with Crippen LogP contribution in [0.3, 0.4) is 0 Å². The van der Waals surface area contributed by atoms with Crippen molar-refractivity contribution in [1.82, 2.24) is 9.55 Å². The van der Waals surface area contributed by atoms with Gasteiger partial charge in [-0.05, 0) is 26.0 Å². The second-order valence-corrected chi connectivity index (χ2v) is 5.18. The van der Waals surface area contributed by atoms with Crippen LogP contribution in [0.25, 0.3) is 22.4 Å². The zero-order valence-corrected chi connectivity index (χ0v) is 12.7. The molecule has 0 aliphatic carbocycles. The summed E-state index contributed by atoms with van der Waals surface area (Å²) < 4.78 is 7.00. The Morgan fingerprint density at radius 3 is 2.59 bits per heavy atom. The molecule has 0 aliphatic heterocycles. The highest BCUT2D eigenvalue weighted by Gasteiger charge is 2.15. The molecule has 0 aliphatic rings. The highest BCUT2D eigenvalue weighted by atomic mass is 16.5. The molecular formula is C18H18N2O2. The molecule has 0 spiro atoms. The molecule has 1 aromatic heterocycles. The van der Waals surface area contributed by atoms with Crippen LogP contribution in [-0.4, -0.2) is 22.1 Å². The lowest BCUT2D eigenvalue weighted by molar-refractivity contribution is -0.143. The van der Waals surface area contributed by atoms with E-state index in [1.807, 2.05) is 66.9 Å². The zero-order chi connectivity index (χ0) is 15.5. The molecule has 0 saturated heterocycles. The van der Waals surface area contributed by atoms with Gasteiger partial charge in [-0.2, -0.15) is 0 Å². The molecule has 1 heterocycles. The average molecular weight is 294 g/mol. The van der Waals surface area contributed by atoms with Gasteiger partial charge in [0.25, 0.3) is 0 Å². The largest absolute Gasteiger partial charge is 0.465 e. The van der Waals surface area contributed by atoms with Crippen molar-refractivity contribution in [3.8, 4) is 11.4 Å². The van der Waals surface area contributed by atoms with Gasteiger partial charge in [0.15, 0.2) is 0 Å². The summed E-state index contributed by atoms with van der Waals surface area (Å²) in [6.45, 7) is 4.40. The van der Waals surface area contributed by atoms with E-state index in [2.05, 4.69) is 4.98 Å². The van der Waals surface area contributed by atoms with Crippen LogP contribution in [0.4, 0.5) is 0 Å². The molecule has 0 saturated carbocycles. The number of aromatic nitrogens is 2. The number of fused-ring (bicyclic) bond motifs is 1. The van der Waals surface area contributed by atoms with Crippen LogP contribution < -0.4 is 0 Å². The summed E-state index contributed by atoms with van der Waals surface area (Å²) in [4.78, 5) is 16.6. The van der Waals surface area contributed by atoms with Crippen LogP contribution >= 0.6 is 0 Å². The number of benzene rings is 2. The first-order valence-corrected chi connectivity index (χ1v) is 7.37. The maximum Gasteiger partial charge on any atom is 0.326 e. The highest BCUT2D eigenvalue weighted by Crippen LogP contribution is 2.25. The van der Waals surface area contributed by atoms with Crippen molar-refractivity contribution in [3.05, 3.63) is 54.1 Å². The maximum absolute atomic E-state index is 11.9. The van der Waals surface area contributed by atoms with Gasteiger partial charge in [-0.25, -0.2) is 4.98 Å². The number of hydrogen-bond donors (Lipinski definition) is 0. The van der Waals surface area contributed by atoms with E-state index < -0.39 is 0 Å². The van der Waals surface area contributed by atoms with Crippen molar-refractivity contribution in [2.24, 2.45) is 0 Å². The number of carbonyl (C=O) groups excluding carboxylic acids is 1. The van der Waals surface area contributed by atoms with Crippen LogP contribution in [0.15, 0.2) is 48.5 Å². The Balaban J connectivity index is 2.11. The molecule has 3 rings (SSSR count). The third-order valence-electron chi connectivity index (χ3n) is 3.56. The van der Waals surface area contributed by atoms with Gasteiger partial charge in [0.2, 0.25) is 0 Å². The highest BCUT2D eigenvalue weighted by molar-refractivity contribution is 5.83. The summed E-state index contributed by atoms with van der Waals surface area (Å²) in [6, 6.07) is 16.0. The average Bonchev–Trinajstić information content (AvgIpc) is 2.87. The molecule has 0 unspecified atom stereocenters. The predicted octanol–water partition coefficient (Wildman–Crippen LogP) is 3.57. The molecule has 0 amide bonds. The van der Waals surface area contributed by atoms with Gasteiger partial charge >= 0.3 is 5.97 Å². The minimum atomic E-state index is -0.251. The van der Waals surface area contributed by atoms with Gasteiger partial charge in [-0.15, -0.1) is 0 Å². The van der Waals surface area contributed by atoms with Crippen LogP contribution in [0, 0.1) is 6.92 Å². The summed E-state index contributed by atoms with van der Waals surface area (Å²) in [5.74, 6) is 0.535. The van der Waals surface area contributed by atoms with Crippen molar-refractivity contribution < 1.29 is 9.53 Å². The molecule has 2 aromatic carbocycles. The molecule has 0 atom stereocenters. The molecule has 112 valence electrons. The predicted molar refractivity (Wildman–Crippen MR) is 86.5 cm³/mol. The number of esters is 1. The SMILES string of the molecule is CCOC(=O)Cn1c(-c2ccc(C)cc2)nc2ccccc21. The number of imidazole rings is 1. The molecule has 0 bridgehead atoms. The molecular weight excluding hydrogens is 276 g/mol. The van der Waals surface area contributed by atoms with Crippen LogP contribution in [0.5, 0.6) is 0 Å². The fourth-order valence-electron chi connectivity index (χ4n) is 2.49. The minimum absolute atomic E-state index is 0.164. The molecule has 4 nitrogen and oxygen atoms in total. The van der Waals surface area contributed by atoms with Crippen molar-refractivity contribution in [2.75, 3.05) is 6.61 Å². The standard InChI is InChI=1S/C18H18N2O2/c1-3-22-17(21)12-20-16-7-5-4-6-15(16)19-18(20)14-10-8-13(2)9-11-14/h4-11H,3,12H2,1-2H3. The number of aryl methyl sites for hydroxylation is 1. The summed E-state index contributed by atoms with van der Waals surface area (Å²) in [5.41, 5.74) is 4.00. The van der Waals surface area contributed by atoms with Gasteiger partial charge in [-0.1, -0.05) is 42.0 Å². The number of para-hydroxylation sites is 2. The van der Waals surface area contributed by atoms with E-state index in [0.29, 0.717) is 6.61 Å². The summed E-state index contributed by atoms with van der Waals surface area (Å²) in [7, 11) is 0. The van der Waals surface area contributed by atoms with Crippen LogP contribution in [0.1, 0.15) is 12.5 Å². The zero-order valence-electron chi connectivity index (χ0n) is 12.7. The lowest BCUT2D eigenvalue weighted by Gasteiger charge is -2.09. The Kier molecular flexibility index (Phi) is 3.92. The summed E-state index contributed by atoms with van der Waals surface area (Å²) >= 11 is 0. The van der Waals surface area contributed by atoms with E-state index in [1.165, 1.54) is 5.56 Å². The summed E-state index contributed by atoms with van der Waals surface area (Å²) in [5, 5.41) is 0. The quantitative estimate of drug-likeness (QED) is 0.691. The second kappa shape index (κ2) is 6.02. The Morgan fingerprint density at radius 2 is 1.86 bits per heavy atom. The number of carbonyl (C=O) groups is 1. The van der Waals surface area contributed by atoms with E-state index in [9.17, 15) is 4.79 Å². The van der Waals surface area contributed by atoms with Crippen molar-refractivity contribution >= 4 is 17.0 Å². The number of rotatable bonds is 4. The second-order valence-electron chi connectivity index (χ2n) is 5.18. The summed E-state index contributed by atoms with van der Waals surface area (Å²) in [6.07, 6.45) is 0. The lowest BCUT2D eigenvalue weighted by Crippen LogP contribution is -2.14. The van der Waals surface area contributed by atoms with Gasteiger partial charge in [0.05, 0.1) is 17.6 Å². The molecule has 0 radical (unpaired) electrons. The number of hydrogen-bond acceptors (Lipinski definition) is 3. The van der Waals surface area contributed by atoms with E-state index in [4.69, 9.17) is 4.74 Å². The monoisotopic (exact) mass is 294 g/mol. The van der Waals surface area contributed by atoms with Crippen molar-refractivity contribution in [2.45, 2.75) is 20.4 Å². The van der Waals surface area contributed by atoms with Crippen LogP contribution in [-0.2, 0) is 16.1 Å². The van der Waals surface area contributed by atoms with Gasteiger partial charge in [-0.3, -0.25) is 4.79 Å². The number of ether oxygens (including phenoxy) is 1. The third-order valence-corrected chi connectivity index (χ3v) is 3.56. The Morgan fingerprint density at radius 1 is 1.14 bits per heavy atom. The minimum Gasteiger partial charge on any atom is -0.465 e. The van der Waals surface area contributed by atoms with Gasteiger partial charge in [0.1, 0.15) is 12.4 Å². The van der Waals surface area contributed by atoms with E-state index in [0.717, 1.165) is 22.4 Å². The molecule has 0 fully saturated rings. The fraction of sp³-hybridized carbons (Fsp3) is 0.222. The first-order valence-electron chi connectivity index (χ1n) is 7.37. The topological polar surface area (TPSA) is 44.1 Å². The molecule has 0 N–H and O–H groups in total. The molecule has 3 aromatic rings. The van der Waals surface area contributed by atoms with Crippen molar-refractivity contribution in [1.29, 1.82) is 0 Å². The lowest BCUT2D eigenvalue weighted by atomic mass is 10.1. The van der Waals surface area contributed by atoms with E-state index in [1.54, 1.807) is 0 Å². The number of nitrogens with zero attached hydrogens (tertiary/aromatic N) is 2. The van der Waals surface area contributed by atoms with Crippen LogP contribution in [0.2, 0.25) is 0 Å².